The molecule has 0 aromatic carbocycles. The molecule has 4 heteroatoms. The first kappa shape index (κ1) is 11.3. The number of rotatable bonds is 3. The summed E-state index contributed by atoms with van der Waals surface area (Å²) >= 11 is 4.46. The third-order valence-electron chi connectivity index (χ3n) is 3.61. The van der Waals surface area contributed by atoms with Crippen molar-refractivity contribution in [3.05, 3.63) is 0 Å². The van der Waals surface area contributed by atoms with Crippen LogP contribution in [0.4, 0.5) is 0 Å². The number of ether oxygens (including phenoxy) is 1. The lowest BCUT2D eigenvalue weighted by Gasteiger charge is -2.36. The van der Waals surface area contributed by atoms with Gasteiger partial charge in [0.2, 0.25) is 5.91 Å². The third-order valence-corrected chi connectivity index (χ3v) is 4.28. The molecule has 3 nitrogen and oxygen atoms in total. The molecule has 86 valence electrons. The van der Waals surface area contributed by atoms with Crippen molar-refractivity contribution in [1.82, 2.24) is 4.90 Å². The maximum Gasteiger partial charge on any atom is 0.248 e. The van der Waals surface area contributed by atoms with Crippen LogP contribution in [0.1, 0.15) is 25.7 Å². The second-order valence-electron chi connectivity index (χ2n) is 4.73. The predicted octanol–water partition coefficient (Wildman–Crippen LogP) is 1.34. The molecule has 1 amide bonds. The average Bonchev–Trinajstić information content (AvgIpc) is 2.71. The van der Waals surface area contributed by atoms with Gasteiger partial charge in [-0.15, -0.1) is 0 Å². The Hall–Kier alpha value is -0.220. The van der Waals surface area contributed by atoms with Crippen molar-refractivity contribution in [1.29, 1.82) is 0 Å². The van der Waals surface area contributed by atoms with Gasteiger partial charge in [-0.05, 0) is 24.0 Å². The fourth-order valence-corrected chi connectivity index (χ4v) is 3.03. The van der Waals surface area contributed by atoms with Crippen LogP contribution < -0.4 is 0 Å². The molecule has 1 aliphatic carbocycles. The number of nitrogens with zero attached hydrogens (tertiary/aromatic N) is 1. The van der Waals surface area contributed by atoms with E-state index in [2.05, 4.69) is 12.6 Å². The smallest absolute Gasteiger partial charge is 0.248 e. The maximum atomic E-state index is 11.6. The summed E-state index contributed by atoms with van der Waals surface area (Å²) in [5.41, 5.74) is 0.288. The zero-order valence-corrected chi connectivity index (χ0v) is 9.97. The first-order valence-electron chi connectivity index (χ1n) is 5.72. The molecule has 0 aromatic rings. The Kier molecular flexibility index (Phi) is 3.57. The highest BCUT2D eigenvalue weighted by Gasteiger charge is 2.36. The molecule has 2 rings (SSSR count). The molecule has 2 fully saturated rings. The molecule has 1 heterocycles. The largest absolute Gasteiger partial charge is 0.370 e. The molecular formula is C11H19NO2S. The lowest BCUT2D eigenvalue weighted by atomic mass is 9.87. The van der Waals surface area contributed by atoms with Crippen LogP contribution in [0.3, 0.4) is 0 Å². The molecule has 15 heavy (non-hydrogen) atoms. The lowest BCUT2D eigenvalue weighted by Crippen LogP contribution is -2.47. The second kappa shape index (κ2) is 4.74. The molecule has 1 saturated carbocycles. The van der Waals surface area contributed by atoms with Gasteiger partial charge >= 0.3 is 0 Å². The van der Waals surface area contributed by atoms with Gasteiger partial charge in [0.1, 0.15) is 6.61 Å². The van der Waals surface area contributed by atoms with E-state index in [9.17, 15) is 4.79 Å². The van der Waals surface area contributed by atoms with Gasteiger partial charge in [-0.2, -0.15) is 12.6 Å². The predicted molar refractivity (Wildman–Crippen MR) is 62.2 cm³/mol. The van der Waals surface area contributed by atoms with Crippen molar-refractivity contribution in [2.24, 2.45) is 5.41 Å². The lowest BCUT2D eigenvalue weighted by molar-refractivity contribution is -0.144. The van der Waals surface area contributed by atoms with Gasteiger partial charge in [-0.25, -0.2) is 0 Å². The molecule has 1 saturated heterocycles. The zero-order chi connectivity index (χ0) is 10.7. The SMILES string of the molecule is O=C1COCCN1CC1(CS)CCCC1. The van der Waals surface area contributed by atoms with Crippen LogP contribution in [-0.4, -0.2) is 42.9 Å². The van der Waals surface area contributed by atoms with Crippen LogP contribution in [0, 0.1) is 5.41 Å². The average molecular weight is 229 g/mol. The van der Waals surface area contributed by atoms with Gasteiger partial charge in [-0.1, -0.05) is 12.8 Å². The standard InChI is InChI=1S/C11H19NO2S/c13-10-7-14-6-5-12(10)8-11(9-15)3-1-2-4-11/h15H,1-9H2. The van der Waals surface area contributed by atoms with Crippen LogP contribution in [-0.2, 0) is 9.53 Å². The summed E-state index contributed by atoms with van der Waals surface area (Å²) in [4.78, 5) is 13.6. The van der Waals surface area contributed by atoms with Crippen LogP contribution in [0.25, 0.3) is 0 Å². The van der Waals surface area contributed by atoms with Gasteiger partial charge in [0.15, 0.2) is 0 Å². The summed E-state index contributed by atoms with van der Waals surface area (Å²) in [7, 11) is 0. The van der Waals surface area contributed by atoms with Gasteiger partial charge in [0.25, 0.3) is 0 Å². The second-order valence-corrected chi connectivity index (χ2v) is 5.05. The summed E-state index contributed by atoms with van der Waals surface area (Å²) in [6, 6.07) is 0. The molecule has 0 bridgehead atoms. The monoisotopic (exact) mass is 229 g/mol. The highest BCUT2D eigenvalue weighted by molar-refractivity contribution is 7.80. The highest BCUT2D eigenvalue weighted by atomic mass is 32.1. The van der Waals surface area contributed by atoms with Crippen LogP contribution >= 0.6 is 12.6 Å². The van der Waals surface area contributed by atoms with E-state index in [0.717, 1.165) is 18.8 Å². The van der Waals surface area contributed by atoms with E-state index >= 15 is 0 Å². The fourth-order valence-electron chi connectivity index (χ4n) is 2.61. The fraction of sp³-hybridized carbons (Fsp3) is 0.909. The summed E-state index contributed by atoms with van der Waals surface area (Å²) < 4.78 is 5.13. The topological polar surface area (TPSA) is 29.5 Å². The Morgan fingerprint density at radius 2 is 2.13 bits per heavy atom. The van der Waals surface area contributed by atoms with E-state index < -0.39 is 0 Å². The van der Waals surface area contributed by atoms with Gasteiger partial charge in [0, 0.05) is 13.1 Å². The summed E-state index contributed by atoms with van der Waals surface area (Å²) in [5.74, 6) is 1.05. The van der Waals surface area contributed by atoms with E-state index in [4.69, 9.17) is 4.74 Å². The Balaban J connectivity index is 1.96. The Morgan fingerprint density at radius 3 is 2.73 bits per heavy atom. The number of hydrogen-bond donors (Lipinski definition) is 1. The van der Waals surface area contributed by atoms with E-state index in [0.29, 0.717) is 6.61 Å². The molecular weight excluding hydrogens is 210 g/mol. The first-order valence-corrected chi connectivity index (χ1v) is 6.35. The number of morpholine rings is 1. The summed E-state index contributed by atoms with van der Waals surface area (Å²) in [6.07, 6.45) is 5.03. The minimum atomic E-state index is 0.148. The van der Waals surface area contributed by atoms with E-state index in [-0.39, 0.29) is 17.9 Å². The van der Waals surface area contributed by atoms with Crippen molar-refractivity contribution in [2.45, 2.75) is 25.7 Å². The molecule has 0 N–H and O–H groups in total. The molecule has 1 aliphatic heterocycles. The molecule has 2 aliphatic rings. The number of amides is 1. The van der Waals surface area contributed by atoms with E-state index in [1.807, 2.05) is 4.90 Å². The van der Waals surface area contributed by atoms with Crippen LogP contribution in [0.5, 0.6) is 0 Å². The van der Waals surface area contributed by atoms with E-state index in [1.54, 1.807) is 0 Å². The number of carbonyl (C=O) groups excluding carboxylic acids is 1. The Morgan fingerprint density at radius 1 is 1.40 bits per heavy atom. The zero-order valence-electron chi connectivity index (χ0n) is 9.07. The van der Waals surface area contributed by atoms with Crippen molar-refractivity contribution < 1.29 is 9.53 Å². The Labute approximate surface area is 96.6 Å². The molecule has 0 radical (unpaired) electrons. The minimum Gasteiger partial charge on any atom is -0.370 e. The van der Waals surface area contributed by atoms with Crippen molar-refractivity contribution in [3.8, 4) is 0 Å². The van der Waals surface area contributed by atoms with Crippen molar-refractivity contribution >= 4 is 18.5 Å². The number of carbonyl (C=O) groups is 1. The normalized spacial score (nSPS) is 25.9. The maximum absolute atomic E-state index is 11.6. The van der Waals surface area contributed by atoms with Gasteiger partial charge in [-0.3, -0.25) is 4.79 Å². The minimum absolute atomic E-state index is 0.148. The quantitative estimate of drug-likeness (QED) is 0.740. The van der Waals surface area contributed by atoms with Gasteiger partial charge in [0.05, 0.1) is 6.61 Å². The third kappa shape index (κ3) is 2.48. The molecule has 0 aromatic heterocycles. The van der Waals surface area contributed by atoms with Crippen molar-refractivity contribution in [2.75, 3.05) is 32.1 Å². The van der Waals surface area contributed by atoms with Gasteiger partial charge < -0.3 is 9.64 Å². The number of hydrogen-bond acceptors (Lipinski definition) is 3. The summed E-state index contributed by atoms with van der Waals surface area (Å²) in [6.45, 7) is 2.60. The number of thiol groups is 1. The van der Waals surface area contributed by atoms with E-state index in [1.165, 1.54) is 25.7 Å². The molecule has 0 unspecified atom stereocenters. The van der Waals surface area contributed by atoms with Crippen molar-refractivity contribution in [3.63, 3.8) is 0 Å². The highest BCUT2D eigenvalue weighted by Crippen LogP contribution is 2.39. The summed E-state index contributed by atoms with van der Waals surface area (Å²) in [5, 5.41) is 0. The molecule has 0 spiro atoms. The van der Waals surface area contributed by atoms with Crippen LogP contribution in [0.15, 0.2) is 0 Å². The first-order chi connectivity index (χ1) is 7.26. The Bertz CT molecular complexity index is 239. The van der Waals surface area contributed by atoms with Crippen LogP contribution in [0.2, 0.25) is 0 Å². The molecule has 0 atom stereocenters.